The lowest BCUT2D eigenvalue weighted by Crippen LogP contribution is -2.43. The van der Waals surface area contributed by atoms with Crippen LogP contribution >= 0.6 is 0 Å². The van der Waals surface area contributed by atoms with Crippen LogP contribution in [0, 0.1) is 0 Å². The predicted molar refractivity (Wildman–Crippen MR) is 79.6 cm³/mol. The summed E-state index contributed by atoms with van der Waals surface area (Å²) in [7, 11) is 0. The van der Waals surface area contributed by atoms with E-state index < -0.39 is 5.60 Å². The number of furan rings is 1. The van der Waals surface area contributed by atoms with Gasteiger partial charge in [0.15, 0.2) is 5.96 Å². The average Bonchev–Trinajstić information content (AvgIpc) is 3.09. The van der Waals surface area contributed by atoms with E-state index in [1.54, 1.807) is 25.3 Å². The molecule has 1 heterocycles. The summed E-state index contributed by atoms with van der Waals surface area (Å²) in [6, 6.07) is 4.05. The van der Waals surface area contributed by atoms with Crippen molar-refractivity contribution in [3.8, 4) is 0 Å². The molecule has 112 valence electrons. The number of aliphatic hydroxyl groups is 1. The summed E-state index contributed by atoms with van der Waals surface area (Å²) in [6.45, 7) is 4.83. The van der Waals surface area contributed by atoms with Gasteiger partial charge >= 0.3 is 0 Å². The quantitative estimate of drug-likeness (QED) is 0.569. The van der Waals surface area contributed by atoms with Gasteiger partial charge in [0.1, 0.15) is 11.4 Å². The van der Waals surface area contributed by atoms with Crippen LogP contribution in [0.3, 0.4) is 0 Å². The van der Waals surface area contributed by atoms with Gasteiger partial charge in [-0.05, 0) is 38.8 Å². The third-order valence-corrected chi connectivity index (χ3v) is 3.64. The van der Waals surface area contributed by atoms with Gasteiger partial charge in [-0.1, -0.05) is 12.8 Å². The first-order chi connectivity index (χ1) is 9.62. The molecule has 1 aliphatic rings. The topological polar surface area (TPSA) is 69.8 Å². The third kappa shape index (κ3) is 4.00. The van der Waals surface area contributed by atoms with E-state index in [1.807, 2.05) is 6.92 Å². The lowest BCUT2D eigenvalue weighted by molar-refractivity contribution is 0.0436. The van der Waals surface area contributed by atoms with Gasteiger partial charge in [0.05, 0.1) is 12.8 Å². The van der Waals surface area contributed by atoms with E-state index >= 15 is 0 Å². The fraction of sp³-hybridized carbons (Fsp3) is 0.667. The molecule has 20 heavy (non-hydrogen) atoms. The number of nitrogens with zero attached hydrogens (tertiary/aromatic N) is 1. The van der Waals surface area contributed by atoms with Crippen LogP contribution in [0.15, 0.2) is 27.8 Å². The van der Waals surface area contributed by atoms with E-state index in [9.17, 15) is 5.11 Å². The van der Waals surface area contributed by atoms with Crippen LogP contribution in [0.2, 0.25) is 0 Å². The van der Waals surface area contributed by atoms with Crippen molar-refractivity contribution in [2.45, 2.75) is 51.2 Å². The zero-order valence-electron chi connectivity index (χ0n) is 12.4. The Morgan fingerprint density at radius 2 is 2.25 bits per heavy atom. The fourth-order valence-electron chi connectivity index (χ4n) is 2.48. The number of hydrogen-bond donors (Lipinski definition) is 3. The van der Waals surface area contributed by atoms with E-state index in [-0.39, 0.29) is 6.54 Å². The standard InChI is InChI=1S/C15H25N3O2/c1-3-16-14(18-12-7-4-5-8-12)17-11-15(2,19)13-9-6-10-20-13/h6,9-10,12,19H,3-5,7-8,11H2,1-2H3,(H2,16,17,18). The van der Waals surface area contributed by atoms with Gasteiger partial charge in [0.25, 0.3) is 0 Å². The van der Waals surface area contributed by atoms with Crippen molar-refractivity contribution < 1.29 is 9.52 Å². The predicted octanol–water partition coefficient (Wildman–Crippen LogP) is 1.98. The summed E-state index contributed by atoms with van der Waals surface area (Å²) in [5.74, 6) is 1.31. The van der Waals surface area contributed by atoms with Crippen molar-refractivity contribution >= 4 is 5.96 Å². The van der Waals surface area contributed by atoms with E-state index in [0.717, 1.165) is 12.5 Å². The first-order valence-electron chi connectivity index (χ1n) is 7.43. The normalized spacial score (nSPS) is 19.9. The summed E-state index contributed by atoms with van der Waals surface area (Å²) >= 11 is 0. The molecule has 1 aromatic rings. The minimum atomic E-state index is -1.08. The molecule has 1 aliphatic carbocycles. The minimum absolute atomic E-state index is 0.266. The second-order valence-corrected chi connectivity index (χ2v) is 5.57. The number of nitrogens with one attached hydrogen (secondary N) is 2. The van der Waals surface area contributed by atoms with Crippen molar-refractivity contribution in [3.05, 3.63) is 24.2 Å². The third-order valence-electron chi connectivity index (χ3n) is 3.64. The second-order valence-electron chi connectivity index (χ2n) is 5.57. The molecule has 0 aromatic carbocycles. The lowest BCUT2D eigenvalue weighted by atomic mass is 10.0. The Morgan fingerprint density at radius 3 is 2.85 bits per heavy atom. The van der Waals surface area contributed by atoms with Gasteiger partial charge in [0, 0.05) is 12.6 Å². The van der Waals surface area contributed by atoms with Crippen molar-refractivity contribution in [2.75, 3.05) is 13.1 Å². The summed E-state index contributed by atoms with van der Waals surface area (Å²) in [5.41, 5.74) is -1.08. The second kappa shape index (κ2) is 6.79. The summed E-state index contributed by atoms with van der Waals surface area (Å²) in [4.78, 5) is 4.49. The van der Waals surface area contributed by atoms with Gasteiger partial charge in [-0.3, -0.25) is 0 Å². The van der Waals surface area contributed by atoms with Crippen LogP contribution in [0.5, 0.6) is 0 Å². The van der Waals surface area contributed by atoms with Gasteiger partial charge in [-0.2, -0.15) is 0 Å². The van der Waals surface area contributed by atoms with Crippen LogP contribution in [-0.2, 0) is 5.60 Å². The molecule has 1 saturated carbocycles. The molecule has 0 saturated heterocycles. The molecule has 1 atom stereocenters. The van der Waals surface area contributed by atoms with E-state index in [0.29, 0.717) is 11.8 Å². The Balaban J connectivity index is 1.97. The maximum absolute atomic E-state index is 10.4. The van der Waals surface area contributed by atoms with Crippen LogP contribution in [0.25, 0.3) is 0 Å². The molecule has 0 spiro atoms. The van der Waals surface area contributed by atoms with E-state index in [4.69, 9.17) is 4.42 Å². The number of aliphatic imine (C=N–C) groups is 1. The van der Waals surface area contributed by atoms with Gasteiger partial charge in [-0.25, -0.2) is 4.99 Å². The van der Waals surface area contributed by atoms with Crippen LogP contribution in [-0.4, -0.2) is 30.2 Å². The molecule has 0 amide bonds. The van der Waals surface area contributed by atoms with Crippen LogP contribution in [0.4, 0.5) is 0 Å². The molecule has 0 radical (unpaired) electrons. The van der Waals surface area contributed by atoms with Crippen molar-refractivity contribution in [1.29, 1.82) is 0 Å². The van der Waals surface area contributed by atoms with Crippen LogP contribution in [0.1, 0.15) is 45.3 Å². The first kappa shape index (κ1) is 14.9. The molecule has 2 rings (SSSR count). The highest BCUT2D eigenvalue weighted by atomic mass is 16.4. The molecule has 3 N–H and O–H groups in total. The maximum atomic E-state index is 10.4. The van der Waals surface area contributed by atoms with Crippen molar-refractivity contribution in [2.24, 2.45) is 4.99 Å². The number of rotatable bonds is 5. The Labute approximate surface area is 120 Å². The highest BCUT2D eigenvalue weighted by Crippen LogP contribution is 2.21. The van der Waals surface area contributed by atoms with Crippen LogP contribution < -0.4 is 10.6 Å². The Hall–Kier alpha value is -1.49. The zero-order chi connectivity index (χ0) is 14.4. The van der Waals surface area contributed by atoms with Gasteiger partial charge < -0.3 is 20.2 Å². The Kier molecular flexibility index (Phi) is 5.06. The summed E-state index contributed by atoms with van der Waals surface area (Å²) in [5, 5.41) is 17.1. The Morgan fingerprint density at radius 1 is 1.50 bits per heavy atom. The summed E-state index contributed by atoms with van der Waals surface area (Å²) in [6.07, 6.45) is 6.51. The average molecular weight is 279 g/mol. The maximum Gasteiger partial charge on any atom is 0.191 e. The first-order valence-corrected chi connectivity index (χ1v) is 7.43. The van der Waals surface area contributed by atoms with E-state index in [1.165, 1.54) is 25.7 Å². The SMILES string of the molecule is CCNC(=NCC(C)(O)c1ccco1)NC1CCCC1. The fourth-order valence-corrected chi connectivity index (χ4v) is 2.48. The number of hydrogen-bond acceptors (Lipinski definition) is 3. The molecule has 0 bridgehead atoms. The molecule has 5 nitrogen and oxygen atoms in total. The van der Waals surface area contributed by atoms with Crippen molar-refractivity contribution in [3.63, 3.8) is 0 Å². The van der Waals surface area contributed by atoms with Gasteiger partial charge in [0.2, 0.25) is 0 Å². The minimum Gasteiger partial charge on any atom is -0.466 e. The smallest absolute Gasteiger partial charge is 0.191 e. The highest BCUT2D eigenvalue weighted by Gasteiger charge is 2.26. The molecule has 5 heteroatoms. The monoisotopic (exact) mass is 279 g/mol. The molecular weight excluding hydrogens is 254 g/mol. The Bertz CT molecular complexity index is 420. The highest BCUT2D eigenvalue weighted by molar-refractivity contribution is 5.80. The van der Waals surface area contributed by atoms with Crippen molar-refractivity contribution in [1.82, 2.24) is 10.6 Å². The zero-order valence-corrected chi connectivity index (χ0v) is 12.4. The molecule has 0 aliphatic heterocycles. The molecular formula is C15H25N3O2. The molecule has 1 unspecified atom stereocenters. The molecule has 1 aromatic heterocycles. The van der Waals surface area contributed by atoms with E-state index in [2.05, 4.69) is 15.6 Å². The largest absolute Gasteiger partial charge is 0.466 e. The summed E-state index contributed by atoms with van der Waals surface area (Å²) < 4.78 is 5.26. The van der Waals surface area contributed by atoms with Gasteiger partial charge in [-0.15, -0.1) is 0 Å². The lowest BCUT2D eigenvalue weighted by Gasteiger charge is -2.21. The molecule has 1 fully saturated rings. The number of guanidine groups is 1.